The lowest BCUT2D eigenvalue weighted by Crippen LogP contribution is -2.37. The molecule has 1 heterocycles. The third kappa shape index (κ3) is 8.75. The van der Waals surface area contributed by atoms with E-state index in [0.717, 1.165) is 18.8 Å². The smallest absolute Gasteiger partial charge is 0.220 e. The monoisotopic (exact) mass is 280 g/mol. The molecule has 0 aromatic heterocycles. The zero-order valence-electron chi connectivity index (χ0n) is 10.7. The van der Waals surface area contributed by atoms with Gasteiger partial charge in [0.15, 0.2) is 0 Å². The summed E-state index contributed by atoms with van der Waals surface area (Å²) in [5.41, 5.74) is 0. The molecule has 5 heteroatoms. The van der Waals surface area contributed by atoms with Gasteiger partial charge in [0.25, 0.3) is 0 Å². The van der Waals surface area contributed by atoms with Gasteiger partial charge in [-0.15, -0.1) is 12.4 Å². The number of halogens is 1. The van der Waals surface area contributed by atoms with E-state index in [-0.39, 0.29) is 18.3 Å². The molecule has 1 atom stereocenters. The molecule has 1 rings (SSSR count). The van der Waals surface area contributed by atoms with E-state index in [9.17, 15) is 4.79 Å². The van der Waals surface area contributed by atoms with Crippen LogP contribution in [0.2, 0.25) is 0 Å². The number of amides is 1. The van der Waals surface area contributed by atoms with Crippen LogP contribution in [-0.2, 0) is 4.79 Å². The Hall–Kier alpha value is 0.0700. The Balaban J connectivity index is 0.00000256. The first-order valence-electron chi connectivity index (χ1n) is 6.40. The lowest BCUT2D eigenvalue weighted by Gasteiger charge is -2.11. The largest absolute Gasteiger partial charge is 0.355 e. The molecule has 0 aliphatic carbocycles. The average molecular weight is 281 g/mol. The Labute approximate surface area is 115 Å². The lowest BCUT2D eigenvalue weighted by molar-refractivity contribution is -0.120. The Morgan fingerprint density at radius 1 is 1.47 bits per heavy atom. The fourth-order valence-corrected chi connectivity index (χ4v) is 2.80. The van der Waals surface area contributed by atoms with Crippen LogP contribution in [0.4, 0.5) is 0 Å². The van der Waals surface area contributed by atoms with Crippen molar-refractivity contribution in [3.63, 3.8) is 0 Å². The Morgan fingerprint density at radius 3 is 2.94 bits per heavy atom. The number of rotatable bonds is 8. The van der Waals surface area contributed by atoms with Crippen LogP contribution >= 0.6 is 24.2 Å². The van der Waals surface area contributed by atoms with E-state index in [1.54, 1.807) is 0 Å². The summed E-state index contributed by atoms with van der Waals surface area (Å²) in [6.07, 6.45) is 5.62. The SMILES string of the molecule is CCCCSCCC(=O)NCC1CCCN1.Cl. The summed E-state index contributed by atoms with van der Waals surface area (Å²) in [7, 11) is 0. The molecule has 1 aliphatic rings. The Kier molecular flexibility index (Phi) is 11.2. The highest BCUT2D eigenvalue weighted by Gasteiger charge is 2.14. The second kappa shape index (κ2) is 11.2. The molecule has 17 heavy (non-hydrogen) atoms. The maximum atomic E-state index is 11.5. The van der Waals surface area contributed by atoms with Crippen molar-refractivity contribution in [1.29, 1.82) is 0 Å². The van der Waals surface area contributed by atoms with Crippen molar-refractivity contribution in [1.82, 2.24) is 10.6 Å². The maximum absolute atomic E-state index is 11.5. The van der Waals surface area contributed by atoms with E-state index < -0.39 is 0 Å². The van der Waals surface area contributed by atoms with E-state index in [1.165, 1.54) is 31.4 Å². The lowest BCUT2D eigenvalue weighted by atomic mass is 10.2. The van der Waals surface area contributed by atoms with Crippen LogP contribution in [0.3, 0.4) is 0 Å². The standard InChI is InChI=1S/C12H24N2OS.ClH/c1-2-3-8-16-9-6-12(15)14-10-11-5-4-7-13-11;/h11,13H,2-10H2,1H3,(H,14,15);1H. The summed E-state index contributed by atoms with van der Waals surface area (Å²) in [5, 5.41) is 6.38. The van der Waals surface area contributed by atoms with Gasteiger partial charge in [-0.2, -0.15) is 11.8 Å². The van der Waals surface area contributed by atoms with E-state index in [4.69, 9.17) is 0 Å². The molecule has 1 unspecified atom stereocenters. The van der Waals surface area contributed by atoms with Gasteiger partial charge in [-0.1, -0.05) is 13.3 Å². The minimum atomic E-state index is 0. The number of hydrogen-bond donors (Lipinski definition) is 2. The topological polar surface area (TPSA) is 41.1 Å². The van der Waals surface area contributed by atoms with Gasteiger partial charge >= 0.3 is 0 Å². The molecule has 0 radical (unpaired) electrons. The van der Waals surface area contributed by atoms with Gasteiger partial charge in [0, 0.05) is 24.8 Å². The predicted molar refractivity (Wildman–Crippen MR) is 78.1 cm³/mol. The Bertz CT molecular complexity index is 199. The fraction of sp³-hybridized carbons (Fsp3) is 0.917. The van der Waals surface area contributed by atoms with Crippen molar-refractivity contribution in [2.75, 3.05) is 24.6 Å². The summed E-state index contributed by atoms with van der Waals surface area (Å²) in [4.78, 5) is 11.5. The summed E-state index contributed by atoms with van der Waals surface area (Å²) in [5.74, 6) is 2.36. The minimum absolute atomic E-state index is 0. The fourth-order valence-electron chi connectivity index (χ4n) is 1.77. The number of hydrogen-bond acceptors (Lipinski definition) is 3. The number of unbranched alkanes of at least 4 members (excludes halogenated alkanes) is 1. The van der Waals surface area contributed by atoms with Crippen molar-refractivity contribution in [3.8, 4) is 0 Å². The summed E-state index contributed by atoms with van der Waals surface area (Å²) in [6, 6.07) is 0.511. The number of thioether (sulfide) groups is 1. The number of carbonyl (C=O) groups is 1. The molecule has 0 bridgehead atoms. The first-order valence-corrected chi connectivity index (χ1v) is 7.56. The molecule has 2 N–H and O–H groups in total. The van der Waals surface area contributed by atoms with Crippen molar-refractivity contribution in [3.05, 3.63) is 0 Å². The van der Waals surface area contributed by atoms with Crippen molar-refractivity contribution < 1.29 is 4.79 Å². The normalized spacial score (nSPS) is 18.8. The quantitative estimate of drug-likeness (QED) is 0.670. The summed E-state index contributed by atoms with van der Waals surface area (Å²) >= 11 is 1.89. The van der Waals surface area contributed by atoms with Crippen LogP contribution in [0.15, 0.2) is 0 Å². The molecule has 1 saturated heterocycles. The van der Waals surface area contributed by atoms with Crippen LogP contribution in [0, 0.1) is 0 Å². The molecule has 1 aliphatic heterocycles. The van der Waals surface area contributed by atoms with Crippen molar-refractivity contribution in [2.24, 2.45) is 0 Å². The van der Waals surface area contributed by atoms with E-state index >= 15 is 0 Å². The molecule has 3 nitrogen and oxygen atoms in total. The van der Waals surface area contributed by atoms with E-state index in [0.29, 0.717) is 12.5 Å². The zero-order valence-corrected chi connectivity index (χ0v) is 12.3. The highest BCUT2D eigenvalue weighted by atomic mass is 35.5. The average Bonchev–Trinajstić information content (AvgIpc) is 2.79. The highest BCUT2D eigenvalue weighted by molar-refractivity contribution is 7.99. The second-order valence-electron chi connectivity index (χ2n) is 4.31. The molecule has 0 saturated carbocycles. The second-order valence-corrected chi connectivity index (χ2v) is 5.54. The highest BCUT2D eigenvalue weighted by Crippen LogP contribution is 2.06. The molecule has 1 amide bonds. The van der Waals surface area contributed by atoms with Gasteiger partial charge in [0.1, 0.15) is 0 Å². The third-order valence-corrected chi connectivity index (χ3v) is 3.89. The Morgan fingerprint density at radius 2 is 2.29 bits per heavy atom. The van der Waals surface area contributed by atoms with Crippen molar-refractivity contribution in [2.45, 2.75) is 45.1 Å². The third-order valence-electron chi connectivity index (χ3n) is 2.82. The molecule has 102 valence electrons. The minimum Gasteiger partial charge on any atom is -0.355 e. The van der Waals surface area contributed by atoms with E-state index in [2.05, 4.69) is 17.6 Å². The van der Waals surface area contributed by atoms with Gasteiger partial charge in [0.05, 0.1) is 0 Å². The van der Waals surface area contributed by atoms with Crippen LogP contribution in [0.5, 0.6) is 0 Å². The maximum Gasteiger partial charge on any atom is 0.220 e. The molecule has 0 aromatic rings. The molecule has 0 spiro atoms. The molecule has 1 fully saturated rings. The van der Waals surface area contributed by atoms with Crippen LogP contribution in [-0.4, -0.2) is 36.5 Å². The van der Waals surface area contributed by atoms with Crippen LogP contribution in [0.1, 0.15) is 39.0 Å². The molecular weight excluding hydrogens is 256 g/mol. The van der Waals surface area contributed by atoms with Gasteiger partial charge in [-0.05, 0) is 31.6 Å². The van der Waals surface area contributed by atoms with Gasteiger partial charge in [-0.3, -0.25) is 4.79 Å². The van der Waals surface area contributed by atoms with Gasteiger partial charge in [-0.25, -0.2) is 0 Å². The number of nitrogens with one attached hydrogen (secondary N) is 2. The van der Waals surface area contributed by atoms with Crippen LogP contribution in [0.25, 0.3) is 0 Å². The van der Waals surface area contributed by atoms with Gasteiger partial charge < -0.3 is 10.6 Å². The van der Waals surface area contributed by atoms with Gasteiger partial charge in [0.2, 0.25) is 5.91 Å². The zero-order chi connectivity index (χ0) is 11.6. The summed E-state index contributed by atoms with van der Waals surface area (Å²) in [6.45, 7) is 4.10. The van der Waals surface area contributed by atoms with Crippen molar-refractivity contribution >= 4 is 30.1 Å². The first kappa shape index (κ1) is 17.1. The van der Waals surface area contributed by atoms with Crippen LogP contribution < -0.4 is 10.6 Å². The van der Waals surface area contributed by atoms with E-state index in [1.807, 2.05) is 11.8 Å². The predicted octanol–water partition coefficient (Wildman–Crippen LogP) is 2.20. The number of carbonyl (C=O) groups excluding carboxylic acids is 1. The molecular formula is C12H25ClN2OS. The molecule has 0 aromatic carbocycles. The summed E-state index contributed by atoms with van der Waals surface area (Å²) < 4.78 is 0. The first-order chi connectivity index (χ1) is 7.83.